The summed E-state index contributed by atoms with van der Waals surface area (Å²) in [5, 5.41) is 9.64. The molecule has 0 unspecified atom stereocenters. The van der Waals surface area contributed by atoms with Gasteiger partial charge >= 0.3 is 5.97 Å². The Morgan fingerprint density at radius 1 is 1.29 bits per heavy atom. The van der Waals surface area contributed by atoms with Gasteiger partial charge in [-0.25, -0.2) is 0 Å². The number of rotatable bonds is 2. The molecular formula is C13H10O4. The van der Waals surface area contributed by atoms with E-state index in [-0.39, 0.29) is 11.2 Å². The molecule has 17 heavy (non-hydrogen) atoms. The maximum absolute atomic E-state index is 11.8. The quantitative estimate of drug-likeness (QED) is 0.855. The number of fused-ring (bicyclic) bond motifs is 1. The van der Waals surface area contributed by atoms with Gasteiger partial charge in [-0.05, 0) is 25.0 Å². The molecule has 1 aliphatic carbocycles. The van der Waals surface area contributed by atoms with Gasteiger partial charge in [-0.15, -0.1) is 0 Å². The third-order valence-electron chi connectivity index (χ3n) is 3.27. The van der Waals surface area contributed by atoms with Crippen molar-refractivity contribution < 1.29 is 14.3 Å². The van der Waals surface area contributed by atoms with Gasteiger partial charge in [0, 0.05) is 6.07 Å². The summed E-state index contributed by atoms with van der Waals surface area (Å²) in [5.41, 5.74) is -0.708. The molecule has 1 fully saturated rings. The number of benzene rings is 1. The molecule has 1 aromatic carbocycles. The summed E-state index contributed by atoms with van der Waals surface area (Å²) in [6, 6.07) is 8.17. The van der Waals surface area contributed by atoms with Gasteiger partial charge in [-0.3, -0.25) is 9.59 Å². The molecule has 1 aromatic heterocycles. The fourth-order valence-corrected chi connectivity index (χ4v) is 2.03. The SMILES string of the molecule is O=C(O)C1(c2cc(=O)c3ccccc3o2)CC1. The largest absolute Gasteiger partial charge is 0.480 e. The van der Waals surface area contributed by atoms with Crippen LogP contribution in [0.5, 0.6) is 0 Å². The first-order valence-electron chi connectivity index (χ1n) is 5.40. The van der Waals surface area contributed by atoms with Crippen molar-refractivity contribution in [1.82, 2.24) is 0 Å². The van der Waals surface area contributed by atoms with Crippen LogP contribution in [0.2, 0.25) is 0 Å². The van der Waals surface area contributed by atoms with Crippen molar-refractivity contribution in [2.45, 2.75) is 18.3 Å². The van der Waals surface area contributed by atoms with E-state index in [0.29, 0.717) is 23.8 Å². The highest BCUT2D eigenvalue weighted by Gasteiger charge is 2.54. The van der Waals surface area contributed by atoms with Crippen molar-refractivity contribution in [2.24, 2.45) is 0 Å². The molecule has 1 N–H and O–H groups in total. The lowest BCUT2D eigenvalue weighted by Gasteiger charge is -2.09. The minimum Gasteiger partial charge on any atom is -0.480 e. The summed E-state index contributed by atoms with van der Waals surface area (Å²) in [4.78, 5) is 23.0. The van der Waals surface area contributed by atoms with Crippen molar-refractivity contribution in [1.29, 1.82) is 0 Å². The molecule has 0 spiro atoms. The Kier molecular flexibility index (Phi) is 1.90. The number of hydrogen-bond donors (Lipinski definition) is 1. The van der Waals surface area contributed by atoms with Crippen LogP contribution in [0, 0.1) is 0 Å². The van der Waals surface area contributed by atoms with Gasteiger partial charge in [0.15, 0.2) is 5.43 Å². The van der Waals surface area contributed by atoms with Crippen LogP contribution < -0.4 is 5.43 Å². The normalized spacial score (nSPS) is 16.9. The zero-order valence-electron chi connectivity index (χ0n) is 8.97. The van der Waals surface area contributed by atoms with Crippen molar-refractivity contribution >= 4 is 16.9 Å². The molecule has 2 aromatic rings. The fraction of sp³-hybridized carbons (Fsp3) is 0.231. The zero-order valence-corrected chi connectivity index (χ0v) is 8.97. The fourth-order valence-electron chi connectivity index (χ4n) is 2.03. The monoisotopic (exact) mass is 230 g/mol. The summed E-state index contributed by atoms with van der Waals surface area (Å²) in [6.07, 6.45) is 1.06. The Bertz CT molecular complexity index is 664. The molecule has 0 bridgehead atoms. The second-order valence-corrected chi connectivity index (χ2v) is 4.36. The average Bonchev–Trinajstić information content (AvgIpc) is 3.10. The van der Waals surface area contributed by atoms with Crippen LogP contribution in [0.1, 0.15) is 18.6 Å². The van der Waals surface area contributed by atoms with Gasteiger partial charge < -0.3 is 9.52 Å². The van der Waals surface area contributed by atoms with Gasteiger partial charge in [-0.2, -0.15) is 0 Å². The summed E-state index contributed by atoms with van der Waals surface area (Å²) < 4.78 is 5.55. The highest BCUT2D eigenvalue weighted by atomic mass is 16.4. The molecule has 0 saturated heterocycles. The third kappa shape index (κ3) is 1.37. The van der Waals surface area contributed by atoms with E-state index in [0.717, 1.165) is 0 Å². The molecule has 0 atom stereocenters. The Morgan fingerprint density at radius 3 is 2.65 bits per heavy atom. The molecule has 4 heteroatoms. The average molecular weight is 230 g/mol. The first-order valence-corrected chi connectivity index (χ1v) is 5.40. The van der Waals surface area contributed by atoms with E-state index in [2.05, 4.69) is 0 Å². The summed E-state index contributed by atoms with van der Waals surface area (Å²) in [5.74, 6) is -0.648. The highest BCUT2D eigenvalue weighted by Crippen LogP contribution is 2.48. The van der Waals surface area contributed by atoms with Crippen molar-refractivity contribution in [3.05, 3.63) is 46.3 Å². The first-order chi connectivity index (χ1) is 8.13. The van der Waals surface area contributed by atoms with E-state index in [4.69, 9.17) is 9.52 Å². The number of para-hydroxylation sites is 1. The predicted molar refractivity (Wildman–Crippen MR) is 61.0 cm³/mol. The molecule has 0 aliphatic heterocycles. The van der Waals surface area contributed by atoms with Gasteiger partial charge in [-0.1, -0.05) is 12.1 Å². The summed E-state index contributed by atoms with van der Waals surface area (Å²) in [7, 11) is 0. The minimum absolute atomic E-state index is 0.186. The zero-order chi connectivity index (χ0) is 12.0. The predicted octanol–water partition coefficient (Wildman–Crippen LogP) is 1.91. The molecule has 1 heterocycles. The van der Waals surface area contributed by atoms with Crippen LogP contribution in [-0.2, 0) is 10.2 Å². The van der Waals surface area contributed by atoms with Gasteiger partial charge in [0.25, 0.3) is 0 Å². The van der Waals surface area contributed by atoms with Gasteiger partial charge in [0.1, 0.15) is 16.8 Å². The number of hydrogen-bond acceptors (Lipinski definition) is 3. The standard InChI is InChI=1S/C13H10O4/c14-9-7-11(13(5-6-13)12(15)16)17-10-4-2-1-3-8(9)10/h1-4,7H,5-6H2,(H,15,16). The number of carbonyl (C=O) groups is 1. The van der Waals surface area contributed by atoms with Crippen LogP contribution in [-0.4, -0.2) is 11.1 Å². The molecule has 0 radical (unpaired) electrons. The van der Waals surface area contributed by atoms with Crippen LogP contribution in [0.4, 0.5) is 0 Å². The van der Waals surface area contributed by atoms with E-state index in [1.54, 1.807) is 24.3 Å². The maximum Gasteiger partial charge on any atom is 0.317 e. The van der Waals surface area contributed by atoms with E-state index < -0.39 is 11.4 Å². The maximum atomic E-state index is 11.8. The van der Waals surface area contributed by atoms with E-state index in [1.165, 1.54) is 6.07 Å². The van der Waals surface area contributed by atoms with E-state index in [9.17, 15) is 9.59 Å². The Morgan fingerprint density at radius 2 is 2.00 bits per heavy atom. The van der Waals surface area contributed by atoms with Crippen LogP contribution >= 0.6 is 0 Å². The molecular weight excluding hydrogens is 220 g/mol. The topological polar surface area (TPSA) is 67.5 Å². The number of carboxylic acids is 1. The highest BCUT2D eigenvalue weighted by molar-refractivity contribution is 5.85. The lowest BCUT2D eigenvalue weighted by Crippen LogP contribution is -2.21. The van der Waals surface area contributed by atoms with Crippen LogP contribution in [0.15, 0.2) is 39.5 Å². The Labute approximate surface area is 96.5 Å². The first kappa shape index (κ1) is 10.1. The number of carboxylic acid groups (broad SMARTS) is 1. The molecule has 86 valence electrons. The van der Waals surface area contributed by atoms with Crippen LogP contribution in [0.3, 0.4) is 0 Å². The Hall–Kier alpha value is -2.10. The molecule has 1 saturated carbocycles. The lowest BCUT2D eigenvalue weighted by molar-refractivity contribution is -0.140. The van der Waals surface area contributed by atoms with Crippen molar-refractivity contribution in [2.75, 3.05) is 0 Å². The van der Waals surface area contributed by atoms with Crippen LogP contribution in [0.25, 0.3) is 11.0 Å². The molecule has 0 amide bonds. The van der Waals surface area contributed by atoms with Crippen molar-refractivity contribution in [3.8, 4) is 0 Å². The van der Waals surface area contributed by atoms with E-state index >= 15 is 0 Å². The summed E-state index contributed by atoms with van der Waals surface area (Å²) >= 11 is 0. The third-order valence-corrected chi connectivity index (χ3v) is 3.27. The number of aliphatic carboxylic acids is 1. The van der Waals surface area contributed by atoms with Gasteiger partial charge in [0.05, 0.1) is 5.39 Å². The van der Waals surface area contributed by atoms with Crippen molar-refractivity contribution in [3.63, 3.8) is 0 Å². The Balaban J connectivity index is 2.27. The minimum atomic E-state index is -0.969. The lowest BCUT2D eigenvalue weighted by atomic mass is 10.0. The van der Waals surface area contributed by atoms with Gasteiger partial charge in [0.2, 0.25) is 0 Å². The second kappa shape index (κ2) is 3.20. The molecule has 3 rings (SSSR count). The summed E-state index contributed by atoms with van der Waals surface area (Å²) in [6.45, 7) is 0. The van der Waals surface area contributed by atoms with E-state index in [1.807, 2.05) is 0 Å². The molecule has 4 nitrogen and oxygen atoms in total. The molecule has 1 aliphatic rings. The smallest absolute Gasteiger partial charge is 0.317 e. The second-order valence-electron chi connectivity index (χ2n) is 4.36.